The van der Waals surface area contributed by atoms with Crippen LogP contribution in [0, 0.1) is 11.7 Å². The minimum Gasteiger partial charge on any atom is -0.406 e. The van der Waals surface area contributed by atoms with E-state index in [1.807, 2.05) is 0 Å². The van der Waals surface area contributed by atoms with Gasteiger partial charge in [0.2, 0.25) is 5.95 Å². The number of amides is 1. The lowest BCUT2D eigenvalue weighted by Crippen LogP contribution is -2.33. The molecule has 0 spiro atoms. The van der Waals surface area contributed by atoms with Crippen molar-refractivity contribution in [2.45, 2.75) is 38.3 Å². The van der Waals surface area contributed by atoms with Crippen LogP contribution in [0.2, 0.25) is 5.02 Å². The van der Waals surface area contributed by atoms with Crippen LogP contribution in [0.5, 0.6) is 5.75 Å². The summed E-state index contributed by atoms with van der Waals surface area (Å²) in [5.41, 5.74) is -1.66. The molecular formula is C19H19ClF4N4O2. The van der Waals surface area contributed by atoms with Crippen molar-refractivity contribution in [3.63, 3.8) is 0 Å². The third kappa shape index (κ3) is 5.94. The fourth-order valence-electron chi connectivity index (χ4n) is 3.18. The number of carbonyl (C=O) groups is 1. The topological polar surface area (TPSA) is 76.1 Å². The van der Waals surface area contributed by atoms with Crippen molar-refractivity contribution < 1.29 is 27.1 Å². The summed E-state index contributed by atoms with van der Waals surface area (Å²) in [5.74, 6) is -1.85. The van der Waals surface area contributed by atoms with Gasteiger partial charge in [-0.2, -0.15) is 13.2 Å². The van der Waals surface area contributed by atoms with E-state index in [1.165, 1.54) is 12.1 Å². The number of halogens is 5. The Kier molecular flexibility index (Phi) is 6.96. The summed E-state index contributed by atoms with van der Waals surface area (Å²) in [6, 6.07) is 3.51. The largest absolute Gasteiger partial charge is 0.437 e. The van der Waals surface area contributed by atoms with Crippen LogP contribution in [0.1, 0.15) is 37.8 Å². The highest BCUT2D eigenvalue weighted by molar-refractivity contribution is 6.30. The van der Waals surface area contributed by atoms with E-state index >= 15 is 0 Å². The first-order chi connectivity index (χ1) is 14.2. The first-order valence-corrected chi connectivity index (χ1v) is 9.72. The Hall–Kier alpha value is -2.62. The molecule has 1 fully saturated rings. The van der Waals surface area contributed by atoms with Gasteiger partial charge in [0.05, 0.1) is 11.9 Å². The highest BCUT2D eigenvalue weighted by Gasteiger charge is 2.38. The van der Waals surface area contributed by atoms with E-state index in [-0.39, 0.29) is 16.6 Å². The van der Waals surface area contributed by atoms with Crippen molar-refractivity contribution >= 4 is 29.3 Å². The standard InChI is InChI=1S/C19H19ClF4N4O2/c20-12-6-7-13(21)14(8-12)27-17-25-10-15(16(28-17)19(22,23)24)30-18(29)26-9-11-4-2-1-3-5-11/h6-8,10-11H,1-5,9H2,(H,26,29)(H,25,27,28). The zero-order valence-corrected chi connectivity index (χ0v) is 16.5. The highest BCUT2D eigenvalue weighted by Crippen LogP contribution is 2.35. The third-order valence-electron chi connectivity index (χ3n) is 4.66. The molecule has 1 aromatic heterocycles. The number of ether oxygens (including phenoxy) is 1. The monoisotopic (exact) mass is 446 g/mol. The molecule has 162 valence electrons. The van der Waals surface area contributed by atoms with Gasteiger partial charge in [-0.1, -0.05) is 30.9 Å². The van der Waals surface area contributed by atoms with Crippen LogP contribution < -0.4 is 15.4 Å². The highest BCUT2D eigenvalue weighted by atomic mass is 35.5. The van der Waals surface area contributed by atoms with Gasteiger partial charge in [-0.3, -0.25) is 0 Å². The first-order valence-electron chi connectivity index (χ1n) is 9.34. The van der Waals surface area contributed by atoms with Gasteiger partial charge in [-0.25, -0.2) is 19.2 Å². The molecule has 30 heavy (non-hydrogen) atoms. The molecule has 1 aromatic carbocycles. The lowest BCUT2D eigenvalue weighted by Gasteiger charge is -2.21. The Bertz CT molecular complexity index is 905. The van der Waals surface area contributed by atoms with E-state index in [1.54, 1.807) is 0 Å². The van der Waals surface area contributed by atoms with Gasteiger partial charge in [-0.15, -0.1) is 0 Å². The molecule has 11 heteroatoms. The second-order valence-electron chi connectivity index (χ2n) is 6.93. The van der Waals surface area contributed by atoms with Gasteiger partial charge in [-0.05, 0) is 37.0 Å². The Morgan fingerprint density at radius 2 is 1.97 bits per heavy atom. The molecule has 0 bridgehead atoms. The molecule has 0 atom stereocenters. The second-order valence-corrected chi connectivity index (χ2v) is 7.36. The van der Waals surface area contributed by atoms with Crippen molar-refractivity contribution in [3.8, 4) is 5.75 Å². The number of carbonyl (C=O) groups excluding carboxylic acids is 1. The minimum absolute atomic E-state index is 0.171. The SMILES string of the molecule is O=C(NCC1CCCCC1)Oc1cnc(Nc2cc(Cl)ccc2F)nc1C(F)(F)F. The van der Waals surface area contributed by atoms with Crippen molar-refractivity contribution in [1.82, 2.24) is 15.3 Å². The summed E-state index contributed by atoms with van der Waals surface area (Å²) in [7, 11) is 0. The van der Waals surface area contributed by atoms with E-state index in [2.05, 4.69) is 20.6 Å². The van der Waals surface area contributed by atoms with Crippen molar-refractivity contribution in [2.24, 2.45) is 5.92 Å². The number of hydrogen-bond donors (Lipinski definition) is 2. The number of aromatic nitrogens is 2. The van der Waals surface area contributed by atoms with Gasteiger partial charge in [0.15, 0.2) is 11.4 Å². The summed E-state index contributed by atoms with van der Waals surface area (Å²) >= 11 is 5.76. The maximum Gasteiger partial charge on any atom is 0.437 e. The fourth-order valence-corrected chi connectivity index (χ4v) is 3.35. The first kappa shape index (κ1) is 22.1. The zero-order valence-electron chi connectivity index (χ0n) is 15.7. The summed E-state index contributed by atoms with van der Waals surface area (Å²) in [6.45, 7) is 0.328. The molecule has 3 rings (SSSR count). The smallest absolute Gasteiger partial charge is 0.406 e. The Labute approximate surface area is 175 Å². The van der Waals surface area contributed by atoms with Crippen LogP contribution in [-0.2, 0) is 6.18 Å². The van der Waals surface area contributed by atoms with Gasteiger partial charge in [0.1, 0.15) is 5.82 Å². The molecular weight excluding hydrogens is 428 g/mol. The molecule has 0 radical (unpaired) electrons. The van der Waals surface area contributed by atoms with E-state index < -0.39 is 35.5 Å². The summed E-state index contributed by atoms with van der Waals surface area (Å²) in [6.07, 6.45) is -0.0469. The van der Waals surface area contributed by atoms with Crippen LogP contribution in [0.15, 0.2) is 24.4 Å². The van der Waals surface area contributed by atoms with Gasteiger partial charge >= 0.3 is 12.3 Å². The van der Waals surface area contributed by atoms with Gasteiger partial charge in [0.25, 0.3) is 0 Å². The van der Waals surface area contributed by atoms with Crippen molar-refractivity contribution in [1.29, 1.82) is 0 Å². The molecule has 1 aliphatic rings. The number of rotatable bonds is 5. The summed E-state index contributed by atoms with van der Waals surface area (Å²) < 4.78 is 58.8. The molecule has 1 saturated carbocycles. The van der Waals surface area contributed by atoms with Crippen LogP contribution in [0.4, 0.5) is 34.0 Å². The second kappa shape index (κ2) is 9.46. The number of nitrogens with one attached hydrogen (secondary N) is 2. The molecule has 0 saturated heterocycles. The van der Waals surface area contributed by atoms with Crippen molar-refractivity contribution in [2.75, 3.05) is 11.9 Å². The number of alkyl halides is 3. The maximum atomic E-state index is 13.8. The number of benzene rings is 1. The average molecular weight is 447 g/mol. The van der Waals surface area contributed by atoms with E-state index in [4.69, 9.17) is 16.3 Å². The van der Waals surface area contributed by atoms with Crippen LogP contribution in [0.25, 0.3) is 0 Å². The third-order valence-corrected chi connectivity index (χ3v) is 4.90. The molecule has 1 amide bonds. The van der Waals surface area contributed by atoms with Crippen LogP contribution >= 0.6 is 11.6 Å². The quantitative estimate of drug-likeness (QED) is 0.576. The van der Waals surface area contributed by atoms with E-state index in [9.17, 15) is 22.4 Å². The molecule has 2 N–H and O–H groups in total. The Morgan fingerprint density at radius 1 is 1.23 bits per heavy atom. The predicted octanol–water partition coefficient (Wildman–Crippen LogP) is 5.70. The summed E-state index contributed by atoms with van der Waals surface area (Å²) in [5, 5.41) is 4.99. The molecule has 0 aliphatic heterocycles. The molecule has 6 nitrogen and oxygen atoms in total. The zero-order chi connectivity index (χ0) is 21.7. The average Bonchev–Trinajstić information content (AvgIpc) is 2.70. The van der Waals surface area contributed by atoms with Crippen LogP contribution in [-0.4, -0.2) is 22.6 Å². The number of hydrogen-bond acceptors (Lipinski definition) is 5. The molecule has 1 heterocycles. The van der Waals surface area contributed by atoms with Gasteiger partial charge < -0.3 is 15.4 Å². The molecule has 1 aliphatic carbocycles. The maximum absolute atomic E-state index is 13.8. The molecule has 0 unspecified atom stereocenters. The lowest BCUT2D eigenvalue weighted by molar-refractivity contribution is -0.142. The van der Waals surface area contributed by atoms with Crippen LogP contribution in [0.3, 0.4) is 0 Å². The normalized spacial score (nSPS) is 15.0. The van der Waals surface area contributed by atoms with E-state index in [0.29, 0.717) is 12.7 Å². The number of nitrogens with zero attached hydrogens (tertiary/aromatic N) is 2. The van der Waals surface area contributed by atoms with Crippen molar-refractivity contribution in [3.05, 3.63) is 40.9 Å². The Balaban J connectivity index is 1.72. The fraction of sp³-hybridized carbons (Fsp3) is 0.421. The predicted molar refractivity (Wildman–Crippen MR) is 102 cm³/mol. The lowest BCUT2D eigenvalue weighted by atomic mass is 9.89. The van der Waals surface area contributed by atoms with E-state index in [0.717, 1.165) is 38.2 Å². The Morgan fingerprint density at radius 3 is 2.67 bits per heavy atom. The number of anilines is 2. The molecule has 2 aromatic rings. The van der Waals surface area contributed by atoms with Gasteiger partial charge in [0, 0.05) is 11.6 Å². The summed E-state index contributed by atoms with van der Waals surface area (Å²) in [4.78, 5) is 19.0. The minimum atomic E-state index is -4.93.